The maximum atomic E-state index is 13.4. The number of aryl methyl sites for hydroxylation is 1. The second-order valence-electron chi connectivity index (χ2n) is 7.19. The van der Waals surface area contributed by atoms with Crippen molar-refractivity contribution in [2.24, 2.45) is 5.92 Å². The number of carbonyl (C=O) groups excluding carboxylic acids is 1. The number of benzene rings is 1. The van der Waals surface area contributed by atoms with Crippen LogP contribution in [0.5, 0.6) is 0 Å². The van der Waals surface area contributed by atoms with Crippen LogP contribution in [0.2, 0.25) is 0 Å². The Hall–Kier alpha value is -2.11. The van der Waals surface area contributed by atoms with Gasteiger partial charge in [0.05, 0.1) is 12.0 Å². The number of amides is 2. The van der Waals surface area contributed by atoms with Crippen molar-refractivity contribution < 1.29 is 19.1 Å². The van der Waals surface area contributed by atoms with Crippen molar-refractivity contribution in [3.05, 3.63) is 35.1 Å². The third kappa shape index (κ3) is 3.94. The molecule has 2 aliphatic rings. The Morgan fingerprint density at radius 3 is 2.56 bits per heavy atom. The van der Waals surface area contributed by atoms with Gasteiger partial charge >= 0.3 is 12.0 Å². The van der Waals surface area contributed by atoms with E-state index in [0.717, 1.165) is 24.0 Å². The molecule has 2 amide bonds. The van der Waals surface area contributed by atoms with Crippen molar-refractivity contribution in [1.29, 1.82) is 0 Å². The van der Waals surface area contributed by atoms with E-state index in [0.29, 0.717) is 32.2 Å². The van der Waals surface area contributed by atoms with E-state index >= 15 is 0 Å². The number of carboxylic acids is 1. The predicted molar refractivity (Wildman–Crippen MR) is 91.7 cm³/mol. The Morgan fingerprint density at radius 2 is 1.92 bits per heavy atom. The maximum Gasteiger partial charge on any atom is 0.318 e. The number of aliphatic carboxylic acids is 1. The summed E-state index contributed by atoms with van der Waals surface area (Å²) in [5.74, 6) is -1.28. The van der Waals surface area contributed by atoms with Crippen molar-refractivity contribution in [1.82, 2.24) is 10.2 Å². The fraction of sp³-hybridized carbons (Fsp3) is 0.579. The standard InChI is InChI=1S/C19H25FN2O3/c1-12-11-14(20)6-9-16(12)17-3-2-10-22(17)19(25)21-15-7-4-13(5-8-15)18(23)24/h6,9,11,13,15,17H,2-5,7-8,10H2,1H3,(H,21,25)(H,23,24). The molecule has 5 nitrogen and oxygen atoms in total. The minimum atomic E-state index is -0.740. The number of nitrogens with one attached hydrogen (secondary N) is 1. The van der Waals surface area contributed by atoms with Gasteiger partial charge in [-0.05, 0) is 68.7 Å². The highest BCUT2D eigenvalue weighted by Gasteiger charge is 2.33. The van der Waals surface area contributed by atoms with E-state index in [4.69, 9.17) is 5.11 Å². The summed E-state index contributed by atoms with van der Waals surface area (Å²) in [5.41, 5.74) is 1.87. The first-order chi connectivity index (χ1) is 12.0. The number of nitrogens with zero attached hydrogens (tertiary/aromatic N) is 1. The van der Waals surface area contributed by atoms with Crippen LogP contribution in [0.25, 0.3) is 0 Å². The molecule has 2 N–H and O–H groups in total. The summed E-state index contributed by atoms with van der Waals surface area (Å²) in [6.45, 7) is 2.57. The predicted octanol–water partition coefficient (Wildman–Crippen LogP) is 3.62. The third-order valence-electron chi connectivity index (χ3n) is 5.51. The van der Waals surface area contributed by atoms with Gasteiger partial charge < -0.3 is 15.3 Å². The smallest absolute Gasteiger partial charge is 0.318 e. The van der Waals surface area contributed by atoms with Crippen LogP contribution in [0.15, 0.2) is 18.2 Å². The van der Waals surface area contributed by atoms with E-state index in [-0.39, 0.29) is 29.8 Å². The van der Waals surface area contributed by atoms with Crippen LogP contribution < -0.4 is 5.32 Å². The number of carbonyl (C=O) groups is 2. The molecule has 1 aliphatic heterocycles. The van der Waals surface area contributed by atoms with Crippen LogP contribution in [0.3, 0.4) is 0 Å². The number of halogens is 1. The number of urea groups is 1. The molecule has 1 unspecified atom stereocenters. The largest absolute Gasteiger partial charge is 0.481 e. The number of likely N-dealkylation sites (tertiary alicyclic amines) is 1. The summed E-state index contributed by atoms with van der Waals surface area (Å²) in [5, 5.41) is 12.1. The molecule has 1 atom stereocenters. The lowest BCUT2D eigenvalue weighted by atomic mass is 9.86. The van der Waals surface area contributed by atoms with E-state index in [1.165, 1.54) is 12.1 Å². The second-order valence-corrected chi connectivity index (χ2v) is 7.19. The van der Waals surface area contributed by atoms with Gasteiger partial charge in [0.2, 0.25) is 0 Å². The molecule has 6 heteroatoms. The van der Waals surface area contributed by atoms with E-state index in [9.17, 15) is 14.0 Å². The average molecular weight is 348 g/mol. The molecule has 0 radical (unpaired) electrons. The summed E-state index contributed by atoms with van der Waals surface area (Å²) in [7, 11) is 0. The van der Waals surface area contributed by atoms with Gasteiger partial charge in [0, 0.05) is 12.6 Å². The van der Waals surface area contributed by atoms with Crippen LogP contribution in [0.4, 0.5) is 9.18 Å². The van der Waals surface area contributed by atoms with Gasteiger partial charge in [0.15, 0.2) is 0 Å². The van der Waals surface area contributed by atoms with Crippen LogP contribution >= 0.6 is 0 Å². The van der Waals surface area contributed by atoms with Gasteiger partial charge in [-0.15, -0.1) is 0 Å². The van der Waals surface area contributed by atoms with Crippen molar-refractivity contribution in [3.8, 4) is 0 Å². The van der Waals surface area contributed by atoms with Crippen molar-refractivity contribution in [2.45, 2.75) is 57.5 Å². The number of hydrogen-bond acceptors (Lipinski definition) is 2. The number of carboxylic acid groups (broad SMARTS) is 1. The maximum absolute atomic E-state index is 13.4. The molecule has 1 heterocycles. The number of hydrogen-bond donors (Lipinski definition) is 2. The van der Waals surface area contributed by atoms with E-state index < -0.39 is 5.97 Å². The lowest BCUT2D eigenvalue weighted by Gasteiger charge is -2.31. The van der Waals surface area contributed by atoms with Crippen molar-refractivity contribution in [3.63, 3.8) is 0 Å². The molecular formula is C19H25FN2O3. The minimum absolute atomic E-state index is 0.0176. The highest BCUT2D eigenvalue weighted by molar-refractivity contribution is 5.75. The van der Waals surface area contributed by atoms with Crippen LogP contribution in [0, 0.1) is 18.7 Å². The quantitative estimate of drug-likeness (QED) is 0.876. The Balaban J connectivity index is 1.62. The van der Waals surface area contributed by atoms with Gasteiger partial charge in [0.25, 0.3) is 0 Å². The molecule has 1 saturated carbocycles. The first kappa shape index (κ1) is 17.7. The molecular weight excluding hydrogens is 323 g/mol. The molecule has 1 aromatic rings. The first-order valence-electron chi connectivity index (χ1n) is 9.01. The zero-order valence-electron chi connectivity index (χ0n) is 14.5. The summed E-state index contributed by atoms with van der Waals surface area (Å²) < 4.78 is 13.4. The lowest BCUT2D eigenvalue weighted by molar-refractivity contribution is -0.142. The summed E-state index contributed by atoms with van der Waals surface area (Å²) in [6, 6.07) is 4.67. The fourth-order valence-corrected chi connectivity index (χ4v) is 4.09. The first-order valence-corrected chi connectivity index (χ1v) is 9.01. The molecule has 1 aliphatic carbocycles. The molecule has 3 rings (SSSR count). The second kappa shape index (κ2) is 7.42. The highest BCUT2D eigenvalue weighted by atomic mass is 19.1. The third-order valence-corrected chi connectivity index (χ3v) is 5.51. The van der Waals surface area contributed by atoms with Gasteiger partial charge in [-0.25, -0.2) is 9.18 Å². The molecule has 1 saturated heterocycles. The Morgan fingerprint density at radius 1 is 1.20 bits per heavy atom. The summed E-state index contributed by atoms with van der Waals surface area (Å²) >= 11 is 0. The van der Waals surface area contributed by atoms with E-state index in [1.807, 2.05) is 11.8 Å². The molecule has 25 heavy (non-hydrogen) atoms. The van der Waals surface area contributed by atoms with Crippen LogP contribution in [-0.2, 0) is 4.79 Å². The molecule has 2 fully saturated rings. The van der Waals surface area contributed by atoms with Crippen molar-refractivity contribution >= 4 is 12.0 Å². The summed E-state index contributed by atoms with van der Waals surface area (Å²) in [4.78, 5) is 25.6. The van der Waals surface area contributed by atoms with Crippen LogP contribution in [-0.4, -0.2) is 34.6 Å². The lowest BCUT2D eigenvalue weighted by Crippen LogP contribution is -2.46. The van der Waals surface area contributed by atoms with E-state index in [2.05, 4.69) is 5.32 Å². The SMILES string of the molecule is Cc1cc(F)ccc1C1CCCN1C(=O)NC1CCC(C(=O)O)CC1. The fourth-order valence-electron chi connectivity index (χ4n) is 4.09. The van der Waals surface area contributed by atoms with Gasteiger partial charge in [-0.3, -0.25) is 4.79 Å². The Labute approximate surface area is 147 Å². The van der Waals surface area contributed by atoms with E-state index in [1.54, 1.807) is 6.07 Å². The minimum Gasteiger partial charge on any atom is -0.481 e. The highest BCUT2D eigenvalue weighted by Crippen LogP contribution is 2.34. The van der Waals surface area contributed by atoms with Crippen molar-refractivity contribution in [2.75, 3.05) is 6.54 Å². The van der Waals surface area contributed by atoms with Crippen LogP contribution in [0.1, 0.15) is 55.7 Å². The molecule has 0 aromatic heterocycles. The van der Waals surface area contributed by atoms with Gasteiger partial charge in [0.1, 0.15) is 5.82 Å². The molecule has 1 aromatic carbocycles. The average Bonchev–Trinajstić information content (AvgIpc) is 3.04. The number of rotatable bonds is 3. The molecule has 0 spiro atoms. The van der Waals surface area contributed by atoms with Gasteiger partial charge in [-0.2, -0.15) is 0 Å². The zero-order chi connectivity index (χ0) is 18.0. The summed E-state index contributed by atoms with van der Waals surface area (Å²) in [6.07, 6.45) is 4.45. The normalized spacial score (nSPS) is 26.5. The Bertz CT molecular complexity index is 656. The molecule has 136 valence electrons. The monoisotopic (exact) mass is 348 g/mol. The van der Waals surface area contributed by atoms with Gasteiger partial charge in [-0.1, -0.05) is 6.07 Å². The topological polar surface area (TPSA) is 69.6 Å². The molecule has 0 bridgehead atoms. The Kier molecular flexibility index (Phi) is 5.25. The zero-order valence-corrected chi connectivity index (χ0v) is 14.5.